The van der Waals surface area contributed by atoms with Crippen molar-refractivity contribution in [1.29, 1.82) is 0 Å². The molecule has 1 saturated heterocycles. The first-order valence-corrected chi connectivity index (χ1v) is 15.0. The summed E-state index contributed by atoms with van der Waals surface area (Å²) < 4.78 is 85.6. The Kier molecular flexibility index (Phi) is 10.9. The third kappa shape index (κ3) is 8.69. The lowest BCUT2D eigenvalue weighted by Crippen LogP contribution is -2.48. The highest BCUT2D eigenvalue weighted by Crippen LogP contribution is 2.48. The van der Waals surface area contributed by atoms with Gasteiger partial charge in [0.1, 0.15) is 0 Å². The van der Waals surface area contributed by atoms with Crippen molar-refractivity contribution in [1.82, 2.24) is 9.80 Å². The van der Waals surface area contributed by atoms with E-state index in [1.54, 1.807) is 18.2 Å². The number of hydrogen-bond donors (Lipinski definition) is 3. The molecular formula is C30H33F6N3O4S. The van der Waals surface area contributed by atoms with Crippen molar-refractivity contribution >= 4 is 35.4 Å². The van der Waals surface area contributed by atoms with Gasteiger partial charge in [0, 0.05) is 60.3 Å². The molecule has 1 aliphatic carbocycles. The molecule has 14 heteroatoms. The van der Waals surface area contributed by atoms with Crippen LogP contribution >= 0.6 is 11.8 Å². The molecule has 0 spiro atoms. The summed E-state index contributed by atoms with van der Waals surface area (Å²) in [4.78, 5) is 26.8. The molecule has 2 aliphatic rings. The molecule has 7 nitrogen and oxygen atoms in total. The molecule has 0 radical (unpaired) electrons. The van der Waals surface area contributed by atoms with Gasteiger partial charge >= 0.3 is 18.3 Å². The largest absolute Gasteiger partial charge is 0.481 e. The second-order valence-corrected chi connectivity index (χ2v) is 11.9. The van der Waals surface area contributed by atoms with Crippen LogP contribution in [0.4, 0.5) is 32.0 Å². The number of aliphatic hydroxyl groups is 1. The molecule has 1 amide bonds. The lowest BCUT2D eigenvalue weighted by atomic mass is 9.86. The van der Waals surface area contributed by atoms with E-state index < -0.39 is 51.7 Å². The lowest BCUT2D eigenvalue weighted by Gasteiger charge is -2.33. The Bertz CT molecular complexity index is 1350. The molecule has 1 aliphatic heterocycles. The summed E-state index contributed by atoms with van der Waals surface area (Å²) >= 11 is 0.552. The number of benzene rings is 2. The first-order chi connectivity index (χ1) is 20.8. The van der Waals surface area contributed by atoms with E-state index in [1.807, 2.05) is 4.90 Å². The summed E-state index contributed by atoms with van der Waals surface area (Å²) in [5.74, 6) is -1.88. The normalized spacial score (nSPS) is 20.2. The quantitative estimate of drug-likeness (QED) is 0.225. The number of anilines is 1. The Hall–Kier alpha value is -3.23. The summed E-state index contributed by atoms with van der Waals surface area (Å²) in [5.41, 5.74) is -3.90. The molecule has 4 rings (SSSR count). The van der Waals surface area contributed by atoms with E-state index in [4.69, 9.17) is 5.11 Å². The average Bonchev–Trinajstić information content (AvgIpc) is 2.96. The fourth-order valence-electron chi connectivity index (χ4n) is 5.51. The number of aliphatic hydroxyl groups excluding tert-OH is 1. The molecule has 0 bridgehead atoms. The highest BCUT2D eigenvalue weighted by atomic mass is 32.2. The fraction of sp³-hybridized carbons (Fsp3) is 0.467. The first kappa shape index (κ1) is 33.7. The number of rotatable bonds is 9. The minimum absolute atomic E-state index is 0.0355. The number of nitrogens with one attached hydrogen (secondary N) is 1. The highest BCUT2D eigenvalue weighted by molar-refractivity contribution is 7.99. The van der Waals surface area contributed by atoms with Crippen LogP contribution in [0.5, 0.6) is 0 Å². The number of carboxylic acids is 1. The van der Waals surface area contributed by atoms with Crippen LogP contribution in [-0.4, -0.2) is 77.3 Å². The number of nitrogens with zero attached hydrogens (tertiary/aromatic N) is 2. The van der Waals surface area contributed by atoms with Crippen molar-refractivity contribution in [2.24, 2.45) is 5.92 Å². The predicted octanol–water partition coefficient (Wildman–Crippen LogP) is 6.08. The minimum Gasteiger partial charge on any atom is -0.481 e. The van der Waals surface area contributed by atoms with Crippen molar-refractivity contribution < 1.29 is 46.1 Å². The zero-order valence-corrected chi connectivity index (χ0v) is 24.4. The highest BCUT2D eigenvalue weighted by Gasteiger charge is 2.46. The molecule has 44 heavy (non-hydrogen) atoms. The van der Waals surface area contributed by atoms with Crippen LogP contribution in [0.15, 0.2) is 52.3 Å². The van der Waals surface area contributed by atoms with Gasteiger partial charge < -0.3 is 20.4 Å². The Morgan fingerprint density at radius 1 is 0.932 bits per heavy atom. The van der Waals surface area contributed by atoms with Crippen LogP contribution in [-0.2, 0) is 21.9 Å². The third-order valence-corrected chi connectivity index (χ3v) is 8.83. The van der Waals surface area contributed by atoms with E-state index in [-0.39, 0.29) is 30.6 Å². The topological polar surface area (TPSA) is 93.1 Å². The molecule has 2 aromatic rings. The van der Waals surface area contributed by atoms with Crippen LogP contribution in [0.3, 0.4) is 0 Å². The van der Waals surface area contributed by atoms with Crippen molar-refractivity contribution in [2.75, 3.05) is 44.6 Å². The van der Waals surface area contributed by atoms with Gasteiger partial charge in [0.15, 0.2) is 0 Å². The molecule has 1 heterocycles. The molecular weight excluding hydrogens is 612 g/mol. The summed E-state index contributed by atoms with van der Waals surface area (Å²) in [7, 11) is 0. The van der Waals surface area contributed by atoms with E-state index in [1.165, 1.54) is 11.0 Å². The number of piperazine rings is 1. The van der Waals surface area contributed by atoms with E-state index in [9.17, 15) is 41.0 Å². The summed E-state index contributed by atoms with van der Waals surface area (Å²) in [6.45, 7) is 1.84. The van der Waals surface area contributed by atoms with Crippen molar-refractivity contribution in [3.8, 4) is 0 Å². The SMILES string of the molecule is O=C(/C=C/c1ccc(Sc2cccc(N[C@H]3CC[C@H](C(=O)O)CC3)c2)c(C(F)(F)F)c1C(F)(F)F)N1CCN(CCO)CC1. The number of halogens is 6. The van der Waals surface area contributed by atoms with Crippen LogP contribution in [0.2, 0.25) is 0 Å². The summed E-state index contributed by atoms with van der Waals surface area (Å²) in [6.07, 6.45) is -6.90. The van der Waals surface area contributed by atoms with Gasteiger partial charge in [-0.2, -0.15) is 26.3 Å². The number of carboxylic acid groups (broad SMARTS) is 1. The van der Waals surface area contributed by atoms with Gasteiger partial charge in [0.25, 0.3) is 0 Å². The monoisotopic (exact) mass is 645 g/mol. The van der Waals surface area contributed by atoms with Crippen molar-refractivity contribution in [3.05, 3.63) is 59.2 Å². The molecule has 2 fully saturated rings. The van der Waals surface area contributed by atoms with Crippen LogP contribution in [0.1, 0.15) is 42.4 Å². The van der Waals surface area contributed by atoms with E-state index in [2.05, 4.69) is 5.32 Å². The number of aliphatic carboxylic acids is 1. The van der Waals surface area contributed by atoms with Gasteiger partial charge in [0.05, 0.1) is 23.7 Å². The molecule has 1 saturated carbocycles. The average molecular weight is 646 g/mol. The third-order valence-electron chi connectivity index (χ3n) is 7.78. The first-order valence-electron chi connectivity index (χ1n) is 14.1. The Morgan fingerprint density at radius 3 is 2.18 bits per heavy atom. The van der Waals surface area contributed by atoms with E-state index in [0.29, 0.717) is 62.8 Å². The molecule has 2 aromatic carbocycles. The zero-order chi connectivity index (χ0) is 32.1. The molecule has 0 aromatic heterocycles. The molecule has 3 N–H and O–H groups in total. The Morgan fingerprint density at radius 2 is 1.59 bits per heavy atom. The zero-order valence-electron chi connectivity index (χ0n) is 23.6. The minimum atomic E-state index is -5.36. The maximum Gasteiger partial charge on any atom is 0.418 e. The van der Waals surface area contributed by atoms with Gasteiger partial charge in [-0.05, 0) is 61.6 Å². The standard InChI is InChI=1S/C30H33F6N3O4S/c31-29(32,33)26-19(7-11-25(41)39-14-12-38(13-15-39)16-17-40)6-10-24(27(26)30(34,35)36)44-23-3-1-2-22(18-23)37-21-8-4-20(5-9-21)28(42)43/h1-3,6-7,10-11,18,20-21,37,40H,4-5,8-9,12-17H2,(H,42,43)/b11-7+/t20-,21-. The summed E-state index contributed by atoms with van der Waals surface area (Å²) in [6, 6.07) is 8.20. The second kappa shape index (κ2) is 14.2. The maximum atomic E-state index is 14.3. The smallest absolute Gasteiger partial charge is 0.418 e. The fourth-order valence-corrected chi connectivity index (χ4v) is 6.55. The number of carbonyl (C=O) groups excluding carboxylic acids is 1. The van der Waals surface area contributed by atoms with E-state index in [0.717, 1.165) is 24.3 Å². The van der Waals surface area contributed by atoms with Crippen LogP contribution in [0, 0.1) is 5.92 Å². The number of hydrogen-bond acceptors (Lipinski definition) is 6. The summed E-state index contributed by atoms with van der Waals surface area (Å²) in [5, 5.41) is 21.5. The molecule has 240 valence electrons. The lowest BCUT2D eigenvalue weighted by molar-refractivity contribution is -0.163. The van der Waals surface area contributed by atoms with E-state index >= 15 is 0 Å². The number of alkyl halides is 6. The molecule has 0 unspecified atom stereocenters. The number of carbonyl (C=O) groups is 2. The maximum absolute atomic E-state index is 14.3. The number of β-amino-alcohol motifs (C(OH)–C–C–N with tert-alkyl or cyclic N) is 1. The number of amides is 1. The van der Waals surface area contributed by atoms with Gasteiger partial charge in [-0.25, -0.2) is 0 Å². The van der Waals surface area contributed by atoms with Gasteiger partial charge in [-0.1, -0.05) is 23.9 Å². The van der Waals surface area contributed by atoms with Crippen LogP contribution < -0.4 is 5.32 Å². The van der Waals surface area contributed by atoms with Crippen molar-refractivity contribution in [2.45, 2.75) is 53.9 Å². The predicted molar refractivity (Wildman–Crippen MR) is 153 cm³/mol. The van der Waals surface area contributed by atoms with Crippen molar-refractivity contribution in [3.63, 3.8) is 0 Å². The second-order valence-electron chi connectivity index (χ2n) is 10.8. The Balaban J connectivity index is 1.56. The van der Waals surface area contributed by atoms with Crippen LogP contribution in [0.25, 0.3) is 6.08 Å². The Labute approximate surface area is 254 Å². The van der Waals surface area contributed by atoms with Gasteiger partial charge in [-0.3, -0.25) is 14.5 Å². The molecule has 0 atom stereocenters. The van der Waals surface area contributed by atoms with Gasteiger partial charge in [-0.15, -0.1) is 0 Å². The van der Waals surface area contributed by atoms with Gasteiger partial charge in [0.2, 0.25) is 5.91 Å².